The quantitative estimate of drug-likeness (QED) is 0.835. The molecule has 2 fully saturated rings. The monoisotopic (exact) mass is 354 g/mol. The molecule has 0 aromatic heterocycles. The lowest BCUT2D eigenvalue weighted by Crippen LogP contribution is -2.42. The second-order valence-electron chi connectivity index (χ2n) is 6.16. The van der Waals surface area contributed by atoms with Crippen LogP contribution in [0.4, 0.5) is 9.18 Å². The molecule has 3 rings (SSSR count). The van der Waals surface area contributed by atoms with E-state index in [1.54, 1.807) is 9.80 Å². The highest BCUT2D eigenvalue weighted by atomic mass is 32.2. The predicted molar refractivity (Wildman–Crippen MR) is 85.5 cm³/mol. The van der Waals surface area contributed by atoms with Gasteiger partial charge in [0.15, 0.2) is 4.90 Å². The summed E-state index contributed by atoms with van der Waals surface area (Å²) in [5, 5.41) is 8.84. The van der Waals surface area contributed by atoms with Crippen molar-refractivity contribution in [2.75, 3.05) is 26.2 Å². The van der Waals surface area contributed by atoms with Gasteiger partial charge in [-0.05, 0) is 41.9 Å². The van der Waals surface area contributed by atoms with E-state index in [0.29, 0.717) is 37.4 Å². The van der Waals surface area contributed by atoms with E-state index < -0.39 is 23.1 Å². The molecule has 2 aliphatic heterocycles. The van der Waals surface area contributed by atoms with E-state index >= 15 is 0 Å². The molecule has 0 bridgehead atoms. The third-order valence-corrected chi connectivity index (χ3v) is 6.30. The summed E-state index contributed by atoms with van der Waals surface area (Å²) in [7, 11) is 0. The lowest BCUT2D eigenvalue weighted by molar-refractivity contribution is -0.141. The molecule has 2 amide bonds. The molecule has 0 saturated carbocycles. The number of rotatable bonds is 3. The van der Waals surface area contributed by atoms with E-state index in [0.717, 1.165) is 0 Å². The van der Waals surface area contributed by atoms with Crippen LogP contribution in [0.25, 0.3) is 0 Å². The number of hydrogen-bond donors (Lipinski definition) is 1. The van der Waals surface area contributed by atoms with E-state index in [2.05, 4.69) is 0 Å². The fraction of sp³-hybridized carbons (Fsp3) is 0.500. The number of hydrogen-bond acceptors (Lipinski definition) is 3. The van der Waals surface area contributed by atoms with E-state index in [-0.39, 0.29) is 23.6 Å². The van der Waals surface area contributed by atoms with Crippen LogP contribution in [0, 0.1) is 11.7 Å². The maximum absolute atomic E-state index is 13.0. The molecule has 1 N–H and O–H groups in total. The van der Waals surface area contributed by atoms with Gasteiger partial charge in [-0.25, -0.2) is 9.18 Å². The molecular formula is C16H19FN2O4S. The molecule has 0 aliphatic carbocycles. The van der Waals surface area contributed by atoms with Gasteiger partial charge in [0.2, 0.25) is 0 Å². The van der Waals surface area contributed by atoms with E-state index in [9.17, 15) is 18.5 Å². The Morgan fingerprint density at radius 3 is 2.38 bits per heavy atom. The summed E-state index contributed by atoms with van der Waals surface area (Å²) in [6.45, 7) is 1.55. The topological polar surface area (TPSA) is 83.9 Å². The van der Waals surface area contributed by atoms with Crippen molar-refractivity contribution in [1.82, 2.24) is 9.80 Å². The maximum Gasteiger partial charge on any atom is 0.320 e. The first-order valence-corrected chi connectivity index (χ1v) is 9.10. The molecule has 8 heteroatoms. The number of carboxylic acid groups (broad SMARTS) is 1. The number of carbonyl (C=O) groups is 2. The largest absolute Gasteiger partial charge is 0.611 e. The van der Waals surface area contributed by atoms with Crippen molar-refractivity contribution in [2.45, 2.75) is 23.0 Å². The highest BCUT2D eigenvalue weighted by Gasteiger charge is 2.39. The van der Waals surface area contributed by atoms with Crippen LogP contribution >= 0.6 is 0 Å². The third kappa shape index (κ3) is 3.49. The first-order chi connectivity index (χ1) is 11.5. The minimum Gasteiger partial charge on any atom is -0.611 e. The van der Waals surface area contributed by atoms with Crippen LogP contribution in [0.3, 0.4) is 0 Å². The zero-order valence-corrected chi connectivity index (χ0v) is 13.9. The Balaban J connectivity index is 1.58. The summed E-state index contributed by atoms with van der Waals surface area (Å²) >= 11 is -1.29. The molecule has 2 saturated heterocycles. The van der Waals surface area contributed by atoms with Crippen LogP contribution in [0.15, 0.2) is 29.2 Å². The summed E-state index contributed by atoms with van der Waals surface area (Å²) in [5.41, 5.74) is 0. The van der Waals surface area contributed by atoms with Crippen LogP contribution in [-0.2, 0) is 16.0 Å². The standard InChI is InChI=1S/C16H19FN2O4S/c17-12-1-3-13(4-2-12)24(23)14-6-8-19(10-14)16(22)18-7-5-11(9-18)15(20)21/h1-4,11,14H,5-10H2,(H,20,21). The summed E-state index contributed by atoms with van der Waals surface area (Å²) in [6, 6.07) is 5.39. The normalized spacial score (nSPS) is 25.1. The van der Waals surface area contributed by atoms with Crippen LogP contribution < -0.4 is 0 Å². The number of halogens is 1. The second kappa shape index (κ2) is 6.98. The lowest BCUT2D eigenvalue weighted by Gasteiger charge is -2.24. The molecule has 0 spiro atoms. The number of aliphatic carboxylic acids is 1. The smallest absolute Gasteiger partial charge is 0.320 e. The summed E-state index contributed by atoms with van der Waals surface area (Å²) in [6.07, 6.45) is 1.09. The molecule has 3 unspecified atom stereocenters. The fourth-order valence-corrected chi connectivity index (χ4v) is 4.60. The SMILES string of the molecule is O=C(O)C1CCN(C(=O)N2CCC([S+]([O-])c3ccc(F)cc3)C2)C1. The molecule has 2 heterocycles. The van der Waals surface area contributed by atoms with Crippen molar-refractivity contribution in [2.24, 2.45) is 5.92 Å². The molecule has 3 atom stereocenters. The van der Waals surface area contributed by atoms with Gasteiger partial charge < -0.3 is 19.5 Å². The zero-order valence-electron chi connectivity index (χ0n) is 13.1. The molecule has 1 aromatic carbocycles. The molecule has 130 valence electrons. The van der Waals surface area contributed by atoms with Crippen molar-refractivity contribution < 1.29 is 23.6 Å². The second-order valence-corrected chi connectivity index (χ2v) is 7.89. The van der Waals surface area contributed by atoms with E-state index in [1.807, 2.05) is 0 Å². The summed E-state index contributed by atoms with van der Waals surface area (Å²) < 4.78 is 25.5. The molecule has 24 heavy (non-hydrogen) atoms. The Morgan fingerprint density at radius 1 is 1.12 bits per heavy atom. The van der Waals surface area contributed by atoms with Gasteiger partial charge in [0, 0.05) is 26.1 Å². The van der Waals surface area contributed by atoms with Gasteiger partial charge in [-0.15, -0.1) is 0 Å². The number of urea groups is 1. The van der Waals surface area contributed by atoms with Crippen LogP contribution in [0.1, 0.15) is 12.8 Å². The lowest BCUT2D eigenvalue weighted by atomic mass is 10.1. The van der Waals surface area contributed by atoms with Gasteiger partial charge in [-0.2, -0.15) is 0 Å². The van der Waals surface area contributed by atoms with Crippen molar-refractivity contribution in [3.8, 4) is 0 Å². The summed E-state index contributed by atoms with van der Waals surface area (Å²) in [4.78, 5) is 27.2. The van der Waals surface area contributed by atoms with E-state index in [1.165, 1.54) is 24.3 Å². The number of carbonyl (C=O) groups excluding carboxylic acids is 1. The number of benzene rings is 1. The predicted octanol–water partition coefficient (Wildman–Crippen LogP) is 1.53. The highest BCUT2D eigenvalue weighted by molar-refractivity contribution is 7.92. The van der Waals surface area contributed by atoms with Gasteiger partial charge in [-0.3, -0.25) is 4.79 Å². The van der Waals surface area contributed by atoms with Gasteiger partial charge in [0.05, 0.1) is 12.5 Å². The number of nitrogens with zero attached hydrogens (tertiary/aromatic N) is 2. The molecule has 2 aliphatic rings. The minimum absolute atomic E-state index is 0.183. The Bertz CT molecular complexity index is 627. The van der Waals surface area contributed by atoms with Crippen molar-refractivity contribution in [1.29, 1.82) is 0 Å². The molecule has 1 aromatic rings. The van der Waals surface area contributed by atoms with Gasteiger partial charge in [0.1, 0.15) is 11.1 Å². The first kappa shape index (κ1) is 17.0. The van der Waals surface area contributed by atoms with Crippen molar-refractivity contribution in [3.05, 3.63) is 30.1 Å². The number of carboxylic acids is 1. The van der Waals surface area contributed by atoms with E-state index in [4.69, 9.17) is 5.11 Å². The van der Waals surface area contributed by atoms with Crippen molar-refractivity contribution in [3.63, 3.8) is 0 Å². The molecule has 0 radical (unpaired) electrons. The van der Waals surface area contributed by atoms with Crippen LogP contribution in [0.2, 0.25) is 0 Å². The van der Waals surface area contributed by atoms with Crippen LogP contribution in [-0.4, -0.2) is 62.9 Å². The van der Waals surface area contributed by atoms with Gasteiger partial charge in [0.25, 0.3) is 0 Å². The minimum atomic E-state index is -1.29. The Labute approximate surface area is 142 Å². The average molecular weight is 354 g/mol. The summed E-state index contributed by atoms with van der Waals surface area (Å²) in [5.74, 6) is -1.75. The number of likely N-dealkylation sites (tertiary alicyclic amines) is 2. The Hall–Kier alpha value is -1.80. The highest BCUT2D eigenvalue weighted by Crippen LogP contribution is 2.26. The molecule has 6 nitrogen and oxygen atoms in total. The number of amides is 2. The molecular weight excluding hydrogens is 335 g/mol. The Kier molecular flexibility index (Phi) is 4.96. The van der Waals surface area contributed by atoms with Gasteiger partial charge >= 0.3 is 12.0 Å². The average Bonchev–Trinajstić information content (AvgIpc) is 3.24. The zero-order chi connectivity index (χ0) is 17.3. The first-order valence-electron chi connectivity index (χ1n) is 7.88. The maximum atomic E-state index is 13.0. The third-order valence-electron chi connectivity index (χ3n) is 4.57. The van der Waals surface area contributed by atoms with Crippen LogP contribution in [0.5, 0.6) is 0 Å². The van der Waals surface area contributed by atoms with Gasteiger partial charge in [-0.1, -0.05) is 0 Å². The Morgan fingerprint density at radius 2 is 1.75 bits per heavy atom. The fourth-order valence-electron chi connectivity index (χ4n) is 3.17. The van der Waals surface area contributed by atoms with Crippen molar-refractivity contribution >= 4 is 23.2 Å².